The molecule has 0 unspecified atom stereocenters. The Kier molecular flexibility index (Phi) is 7.07. The van der Waals surface area contributed by atoms with Gasteiger partial charge in [0, 0.05) is 5.56 Å². The van der Waals surface area contributed by atoms with Gasteiger partial charge < -0.3 is 21.7 Å². The zero-order chi connectivity index (χ0) is 19.1. The third-order valence-corrected chi connectivity index (χ3v) is 3.91. The van der Waals surface area contributed by atoms with E-state index in [-0.39, 0.29) is 38.1 Å². The van der Waals surface area contributed by atoms with Crippen molar-refractivity contribution in [2.24, 2.45) is 10.3 Å². The number of nitrogens with zero attached hydrogens (tertiary/aromatic N) is 5. The molecule has 1 heterocycles. The zero-order valence-electron chi connectivity index (χ0n) is 14.4. The summed E-state index contributed by atoms with van der Waals surface area (Å²) in [5.41, 5.74) is 14.3. The lowest BCUT2D eigenvalue weighted by Gasteiger charge is -2.15. The highest BCUT2D eigenvalue weighted by atomic mass is 35.5. The number of hydrogen-bond donors (Lipinski definition) is 4. The summed E-state index contributed by atoms with van der Waals surface area (Å²) in [6.45, 7) is 2.24. The van der Waals surface area contributed by atoms with Gasteiger partial charge in [-0.1, -0.05) is 29.8 Å². The number of anilines is 2. The Morgan fingerprint density at radius 3 is 2.46 bits per heavy atom. The Balaban J connectivity index is 2.42. The summed E-state index contributed by atoms with van der Waals surface area (Å²) in [6.07, 6.45) is 0.631. The van der Waals surface area contributed by atoms with Gasteiger partial charge in [0.2, 0.25) is 5.95 Å². The number of aliphatic hydroxyl groups is 2. The molecule has 140 valence electrons. The van der Waals surface area contributed by atoms with E-state index < -0.39 is 0 Å². The third kappa shape index (κ3) is 4.78. The molecular weight excluding hydrogens is 358 g/mol. The lowest BCUT2D eigenvalue weighted by Crippen LogP contribution is -2.24. The molecule has 2 rings (SSSR count). The summed E-state index contributed by atoms with van der Waals surface area (Å²) in [4.78, 5) is 8.27. The quantitative estimate of drug-likeness (QED) is 0.404. The largest absolute Gasteiger partial charge is 0.394 e. The minimum Gasteiger partial charge on any atom is -0.394 e. The van der Waals surface area contributed by atoms with Crippen molar-refractivity contribution in [3.63, 3.8) is 0 Å². The Morgan fingerprint density at radius 2 is 1.85 bits per heavy atom. The predicted molar refractivity (Wildman–Crippen MR) is 101 cm³/mol. The van der Waals surface area contributed by atoms with Crippen LogP contribution in [0.1, 0.15) is 12.6 Å². The van der Waals surface area contributed by atoms with Crippen LogP contribution in [0.4, 0.5) is 17.5 Å². The van der Waals surface area contributed by atoms with Crippen LogP contribution in [-0.2, 0) is 6.42 Å². The maximum absolute atomic E-state index is 9.03. The summed E-state index contributed by atoms with van der Waals surface area (Å²) in [7, 11) is 0. The molecule has 26 heavy (non-hydrogen) atoms. The van der Waals surface area contributed by atoms with Crippen LogP contribution in [0.5, 0.6) is 0 Å². The first kappa shape index (κ1) is 19.8. The van der Waals surface area contributed by atoms with Crippen molar-refractivity contribution in [2.75, 3.05) is 37.8 Å². The van der Waals surface area contributed by atoms with Crippen molar-refractivity contribution >= 4 is 29.1 Å². The minimum absolute atomic E-state index is 0.105. The van der Waals surface area contributed by atoms with Gasteiger partial charge in [0.05, 0.1) is 37.0 Å². The maximum atomic E-state index is 9.03. The lowest BCUT2D eigenvalue weighted by atomic mass is 10.0. The van der Waals surface area contributed by atoms with Crippen LogP contribution in [0.25, 0.3) is 11.1 Å². The van der Waals surface area contributed by atoms with Crippen LogP contribution in [0.15, 0.2) is 28.5 Å². The van der Waals surface area contributed by atoms with Gasteiger partial charge in [-0.2, -0.15) is 4.98 Å². The van der Waals surface area contributed by atoms with E-state index in [9.17, 15) is 0 Å². The first-order chi connectivity index (χ1) is 12.5. The fourth-order valence-corrected chi connectivity index (χ4v) is 2.56. The van der Waals surface area contributed by atoms with Crippen molar-refractivity contribution in [1.29, 1.82) is 0 Å². The zero-order valence-corrected chi connectivity index (χ0v) is 15.2. The van der Waals surface area contributed by atoms with Crippen LogP contribution >= 0.6 is 11.6 Å². The van der Waals surface area contributed by atoms with E-state index in [1.807, 2.05) is 6.92 Å². The second kappa shape index (κ2) is 9.27. The van der Waals surface area contributed by atoms with Gasteiger partial charge in [0.25, 0.3) is 0 Å². The van der Waals surface area contributed by atoms with Gasteiger partial charge in [-0.3, -0.25) is 5.01 Å². The average molecular weight is 380 g/mol. The van der Waals surface area contributed by atoms with E-state index in [1.54, 1.807) is 18.2 Å². The molecule has 0 aliphatic rings. The smallest absolute Gasteiger partial charge is 0.222 e. The Bertz CT molecular complexity index is 779. The Hall–Kier alpha value is -2.49. The molecule has 0 bridgehead atoms. The van der Waals surface area contributed by atoms with Crippen molar-refractivity contribution in [1.82, 2.24) is 15.0 Å². The molecule has 6 N–H and O–H groups in total. The van der Waals surface area contributed by atoms with Gasteiger partial charge in [0.1, 0.15) is 11.5 Å². The Labute approximate surface area is 156 Å². The second-order valence-electron chi connectivity index (χ2n) is 5.40. The van der Waals surface area contributed by atoms with Crippen molar-refractivity contribution in [3.05, 3.63) is 28.9 Å². The number of aromatic nitrogens is 2. The molecule has 10 heteroatoms. The average Bonchev–Trinajstić information content (AvgIpc) is 2.61. The molecule has 0 atom stereocenters. The molecule has 0 saturated heterocycles. The molecule has 0 saturated carbocycles. The van der Waals surface area contributed by atoms with Gasteiger partial charge in [-0.15, -0.1) is 5.11 Å². The predicted octanol–water partition coefficient (Wildman–Crippen LogP) is 1.81. The molecule has 0 aliphatic heterocycles. The summed E-state index contributed by atoms with van der Waals surface area (Å²) >= 11 is 6.21. The maximum Gasteiger partial charge on any atom is 0.222 e. The molecule has 2 aromatic rings. The number of hydrogen-bond acceptors (Lipinski definition) is 8. The monoisotopic (exact) mass is 379 g/mol. The van der Waals surface area contributed by atoms with E-state index >= 15 is 0 Å². The van der Waals surface area contributed by atoms with E-state index in [0.29, 0.717) is 22.7 Å². The summed E-state index contributed by atoms with van der Waals surface area (Å²) < 4.78 is 0. The molecule has 0 fully saturated rings. The second-order valence-corrected chi connectivity index (χ2v) is 5.81. The molecule has 9 nitrogen and oxygen atoms in total. The molecule has 1 aromatic carbocycles. The molecule has 0 spiro atoms. The topological polar surface area (TPSA) is 146 Å². The summed E-state index contributed by atoms with van der Waals surface area (Å²) in [5, 5.41) is 28.0. The van der Waals surface area contributed by atoms with Crippen LogP contribution in [0, 0.1) is 0 Å². The highest BCUT2D eigenvalue weighted by Gasteiger charge is 2.14. The normalized spacial score (nSPS) is 11.2. The number of rotatable bonds is 8. The van der Waals surface area contributed by atoms with E-state index in [1.165, 1.54) is 5.01 Å². The van der Waals surface area contributed by atoms with Crippen LogP contribution in [-0.4, -0.2) is 51.5 Å². The minimum atomic E-state index is -0.105. The number of aryl methyl sites for hydroxylation is 1. The van der Waals surface area contributed by atoms with Crippen LogP contribution in [0.2, 0.25) is 5.02 Å². The Morgan fingerprint density at radius 1 is 1.15 bits per heavy atom. The van der Waals surface area contributed by atoms with Crippen molar-refractivity contribution < 1.29 is 10.2 Å². The van der Waals surface area contributed by atoms with E-state index in [2.05, 4.69) is 20.3 Å². The van der Waals surface area contributed by atoms with Crippen LogP contribution in [0.3, 0.4) is 0 Å². The van der Waals surface area contributed by atoms with E-state index in [4.69, 9.17) is 33.3 Å². The molecule has 0 amide bonds. The molecule has 0 aliphatic carbocycles. The third-order valence-electron chi connectivity index (χ3n) is 3.59. The number of nitrogen functional groups attached to an aromatic ring is 2. The standard InChI is InChI=1S/C16H22ClN7O2/c1-2-12-14(15(18)21-16(19)20-12)10-3-4-11(17)13(9-10)22-23-24(5-7-25)6-8-26/h3-4,9,25-26H,2,5-8H2,1H3,(H4,18,19,20,21). The number of nitrogens with two attached hydrogens (primary N) is 2. The van der Waals surface area contributed by atoms with Gasteiger partial charge in [-0.25, -0.2) is 4.98 Å². The summed E-state index contributed by atoms with van der Waals surface area (Å²) in [5.74, 6) is 0.405. The number of benzene rings is 1. The first-order valence-corrected chi connectivity index (χ1v) is 8.48. The molecule has 1 aromatic heterocycles. The fraction of sp³-hybridized carbons (Fsp3) is 0.375. The highest BCUT2D eigenvalue weighted by Crippen LogP contribution is 2.35. The van der Waals surface area contributed by atoms with E-state index in [0.717, 1.165) is 11.3 Å². The SMILES string of the molecule is CCc1nc(N)nc(N)c1-c1ccc(Cl)c(N=NN(CCO)CCO)c1. The van der Waals surface area contributed by atoms with Crippen molar-refractivity contribution in [3.8, 4) is 11.1 Å². The molecular formula is C16H22ClN7O2. The van der Waals surface area contributed by atoms with Crippen LogP contribution < -0.4 is 11.5 Å². The lowest BCUT2D eigenvalue weighted by molar-refractivity contribution is 0.158. The van der Waals surface area contributed by atoms with Gasteiger partial charge in [-0.05, 0) is 24.1 Å². The molecule has 0 radical (unpaired) electrons. The summed E-state index contributed by atoms with van der Waals surface area (Å²) in [6, 6.07) is 5.21. The highest BCUT2D eigenvalue weighted by molar-refractivity contribution is 6.33. The van der Waals surface area contributed by atoms with Gasteiger partial charge in [0.15, 0.2) is 0 Å². The van der Waals surface area contributed by atoms with Crippen molar-refractivity contribution in [2.45, 2.75) is 13.3 Å². The fourth-order valence-electron chi connectivity index (χ4n) is 2.40. The van der Waals surface area contributed by atoms with Gasteiger partial charge >= 0.3 is 0 Å². The first-order valence-electron chi connectivity index (χ1n) is 8.10. The number of halogens is 1. The number of aliphatic hydroxyl groups excluding tert-OH is 2.